The molecule has 0 spiro atoms. The SMILES string of the molecule is N#CC(=C1N=c2cc(C#N)c(C#N)cc2=N1)c1nc(C(C#N)=C2N=c3cc(C#N)c(C#N)cc3=N2)nc(-c2nc(C#N)c(C#N)o2)n1. The van der Waals surface area contributed by atoms with Gasteiger partial charge < -0.3 is 4.42 Å². The summed E-state index contributed by atoms with van der Waals surface area (Å²) in [5, 5.41) is 77.4. The lowest BCUT2D eigenvalue weighted by Gasteiger charge is -2.05. The van der Waals surface area contributed by atoms with E-state index in [4.69, 9.17) is 4.42 Å². The Morgan fingerprint density at radius 1 is 0.489 bits per heavy atom. The van der Waals surface area contributed by atoms with Crippen molar-refractivity contribution in [2.75, 3.05) is 0 Å². The van der Waals surface area contributed by atoms with Gasteiger partial charge in [0.15, 0.2) is 29.0 Å². The van der Waals surface area contributed by atoms with Crippen LogP contribution in [-0.4, -0.2) is 19.9 Å². The molecular weight excluding hydrogens is 600 g/mol. The van der Waals surface area contributed by atoms with Gasteiger partial charge in [-0.3, -0.25) is 0 Å². The van der Waals surface area contributed by atoms with Crippen molar-refractivity contribution >= 4 is 11.1 Å². The number of hydrogen-bond donors (Lipinski definition) is 0. The van der Waals surface area contributed by atoms with E-state index in [9.17, 15) is 42.1 Å². The molecule has 0 fully saturated rings. The van der Waals surface area contributed by atoms with Gasteiger partial charge in [0, 0.05) is 0 Å². The van der Waals surface area contributed by atoms with E-state index in [1.807, 2.05) is 36.4 Å². The third kappa shape index (κ3) is 4.70. The molecule has 2 aliphatic rings. The zero-order valence-corrected chi connectivity index (χ0v) is 22.9. The Balaban J connectivity index is 1.63. The van der Waals surface area contributed by atoms with Crippen molar-refractivity contribution in [1.82, 2.24) is 19.9 Å². The highest BCUT2D eigenvalue weighted by molar-refractivity contribution is 5.80. The minimum Gasteiger partial charge on any atom is -0.421 e. The number of fused-ring (bicyclic) bond motifs is 2. The number of oxazole rings is 1. The Kier molecular flexibility index (Phi) is 6.74. The van der Waals surface area contributed by atoms with Crippen molar-refractivity contribution in [2.45, 2.75) is 0 Å². The lowest BCUT2D eigenvalue weighted by Crippen LogP contribution is -2.22. The molecule has 0 atom stereocenters. The smallest absolute Gasteiger partial charge is 0.267 e. The summed E-state index contributed by atoms with van der Waals surface area (Å²) < 4.78 is 5.37. The van der Waals surface area contributed by atoms with Crippen molar-refractivity contribution in [3.8, 4) is 60.3 Å². The standard InChI is InChI=1S/C30H4N16O/c31-5-13-1-19-20(2-14(13)6-32)40-25(39-19)17(9-35)27-44-28(46-29(45-27)30-43-23(11-37)24(12-38)47-30)18(10-36)26-41-21-3-15(7-33)16(8-34)4-22(21)42-26/h1-4H. The molecule has 0 aliphatic carbocycles. The van der Waals surface area contributed by atoms with E-state index >= 15 is 0 Å². The average Bonchev–Trinajstić information content (AvgIpc) is 3.83. The average molecular weight is 604 g/mol. The third-order valence-electron chi connectivity index (χ3n) is 6.40. The molecule has 4 aromatic rings. The highest BCUT2D eigenvalue weighted by atomic mass is 16.4. The van der Waals surface area contributed by atoms with E-state index in [0.29, 0.717) is 0 Å². The summed E-state index contributed by atoms with van der Waals surface area (Å²) in [5.41, 5.74) is -0.880. The minimum atomic E-state index is -0.445. The predicted molar refractivity (Wildman–Crippen MR) is 146 cm³/mol. The molecule has 6 rings (SSSR count). The molecule has 2 aliphatic heterocycles. The van der Waals surface area contributed by atoms with E-state index in [2.05, 4.69) is 39.9 Å². The Hall–Kier alpha value is -8.74. The van der Waals surface area contributed by atoms with Crippen LogP contribution in [-0.2, 0) is 0 Å². The van der Waals surface area contributed by atoms with Gasteiger partial charge in [0.05, 0.1) is 43.7 Å². The Morgan fingerprint density at radius 2 is 0.894 bits per heavy atom. The fourth-order valence-corrected chi connectivity index (χ4v) is 4.27. The predicted octanol–water partition coefficient (Wildman–Crippen LogP) is 0.0470. The topological polar surface area (TPSA) is 304 Å². The van der Waals surface area contributed by atoms with E-state index < -0.39 is 17.5 Å². The first kappa shape index (κ1) is 28.4. The number of aromatic nitrogens is 4. The maximum absolute atomic E-state index is 10.2. The summed E-state index contributed by atoms with van der Waals surface area (Å²) in [4.78, 5) is 33.9. The van der Waals surface area contributed by atoms with Crippen LogP contribution in [0.5, 0.6) is 0 Å². The van der Waals surface area contributed by atoms with Gasteiger partial charge in [-0.2, -0.15) is 47.1 Å². The monoisotopic (exact) mass is 604 g/mol. The molecule has 0 unspecified atom stereocenters. The van der Waals surface area contributed by atoms with Gasteiger partial charge in [0.2, 0.25) is 11.6 Å². The number of nitrogens with zero attached hydrogens (tertiary/aromatic N) is 16. The molecular formula is C30H4N16O. The van der Waals surface area contributed by atoms with Gasteiger partial charge in [0.25, 0.3) is 5.89 Å². The molecule has 2 aromatic carbocycles. The second-order valence-corrected chi connectivity index (χ2v) is 9.01. The van der Waals surface area contributed by atoms with Crippen molar-refractivity contribution in [1.29, 1.82) is 42.1 Å². The summed E-state index contributed by atoms with van der Waals surface area (Å²) in [6.45, 7) is 0. The quantitative estimate of drug-likeness (QED) is 0.279. The third-order valence-corrected chi connectivity index (χ3v) is 6.40. The van der Waals surface area contributed by atoms with Crippen LogP contribution >= 0.6 is 0 Å². The van der Waals surface area contributed by atoms with Crippen LogP contribution in [0.1, 0.15) is 45.4 Å². The fourth-order valence-electron chi connectivity index (χ4n) is 4.27. The van der Waals surface area contributed by atoms with E-state index in [1.54, 1.807) is 12.1 Å². The van der Waals surface area contributed by atoms with Crippen LogP contribution in [0.3, 0.4) is 0 Å². The maximum atomic E-state index is 10.2. The van der Waals surface area contributed by atoms with Crippen LogP contribution in [0.15, 0.2) is 60.3 Å². The van der Waals surface area contributed by atoms with E-state index in [1.165, 1.54) is 24.3 Å². The number of rotatable bonds is 3. The zero-order chi connectivity index (χ0) is 33.2. The second kappa shape index (κ2) is 11.2. The van der Waals surface area contributed by atoms with Gasteiger partial charge >= 0.3 is 0 Å². The first-order chi connectivity index (χ1) is 22.9. The van der Waals surface area contributed by atoms with Gasteiger partial charge in [-0.25, -0.2) is 34.9 Å². The summed E-state index contributed by atoms with van der Waals surface area (Å²) in [6.07, 6.45) is 0. The molecule has 4 heterocycles. The minimum absolute atomic E-state index is 0.0410. The number of nitriles is 8. The molecule has 47 heavy (non-hydrogen) atoms. The normalized spacial score (nSPS) is 11.4. The van der Waals surface area contributed by atoms with Crippen LogP contribution in [0.4, 0.5) is 0 Å². The highest BCUT2D eigenvalue weighted by Crippen LogP contribution is 2.26. The molecule has 0 radical (unpaired) electrons. The van der Waals surface area contributed by atoms with Gasteiger partial charge in [-0.05, 0) is 24.3 Å². The summed E-state index contributed by atoms with van der Waals surface area (Å²) in [7, 11) is 0. The Morgan fingerprint density at radius 3 is 1.19 bits per heavy atom. The lowest BCUT2D eigenvalue weighted by molar-refractivity contribution is 0.554. The number of benzene rings is 2. The van der Waals surface area contributed by atoms with E-state index in [-0.39, 0.29) is 83.8 Å². The fraction of sp³-hybridized carbons (Fsp3) is 0. The van der Waals surface area contributed by atoms with Crippen molar-refractivity contribution in [2.24, 2.45) is 20.0 Å². The van der Waals surface area contributed by atoms with Gasteiger partial charge in [-0.1, -0.05) is 0 Å². The molecule has 0 amide bonds. The van der Waals surface area contributed by atoms with E-state index in [0.717, 1.165) is 0 Å². The second-order valence-electron chi connectivity index (χ2n) is 9.01. The van der Waals surface area contributed by atoms with Crippen molar-refractivity contribution < 1.29 is 4.42 Å². The Labute approximate surface area is 260 Å². The largest absolute Gasteiger partial charge is 0.421 e. The molecule has 0 N–H and O–H groups in total. The zero-order valence-electron chi connectivity index (χ0n) is 22.9. The first-order valence-corrected chi connectivity index (χ1v) is 12.6. The molecule has 17 heteroatoms. The summed E-state index contributed by atoms with van der Waals surface area (Å²) >= 11 is 0. The van der Waals surface area contributed by atoms with Crippen LogP contribution in [0.25, 0.3) is 22.9 Å². The van der Waals surface area contributed by atoms with Crippen molar-refractivity contribution in [3.63, 3.8) is 0 Å². The number of allylic oxidation sites excluding steroid dienone is 2. The number of hydrogen-bond acceptors (Lipinski definition) is 17. The van der Waals surface area contributed by atoms with Crippen molar-refractivity contribution in [3.05, 3.63) is 103 Å². The van der Waals surface area contributed by atoms with Crippen LogP contribution in [0, 0.1) is 90.6 Å². The summed E-state index contributed by atoms with van der Waals surface area (Å²) in [6, 6.07) is 20.1. The Bertz CT molecular complexity index is 2540. The first-order valence-electron chi connectivity index (χ1n) is 12.6. The molecule has 0 saturated heterocycles. The molecule has 210 valence electrons. The van der Waals surface area contributed by atoms with Crippen LogP contribution in [0.2, 0.25) is 0 Å². The molecule has 2 aromatic heterocycles. The van der Waals surface area contributed by atoms with Crippen LogP contribution < -0.4 is 21.4 Å². The molecule has 0 saturated carbocycles. The van der Waals surface area contributed by atoms with Gasteiger partial charge in [-0.15, -0.1) is 0 Å². The highest BCUT2D eigenvalue weighted by Gasteiger charge is 2.25. The molecule has 0 bridgehead atoms. The lowest BCUT2D eigenvalue weighted by atomic mass is 10.1. The van der Waals surface area contributed by atoms with Gasteiger partial charge in [0.1, 0.15) is 59.7 Å². The molecule has 17 nitrogen and oxygen atoms in total. The summed E-state index contributed by atoms with van der Waals surface area (Å²) in [5.74, 6) is -2.44. The maximum Gasteiger partial charge on any atom is 0.267 e.